The first-order valence-corrected chi connectivity index (χ1v) is 13.2. The van der Waals surface area contributed by atoms with Crippen LogP contribution in [-0.4, -0.2) is 66.4 Å². The van der Waals surface area contributed by atoms with Gasteiger partial charge in [0, 0.05) is 38.5 Å². The average Bonchev–Trinajstić information content (AvgIpc) is 3.19. The first-order valence-electron chi connectivity index (χ1n) is 9.49. The van der Waals surface area contributed by atoms with Crippen molar-refractivity contribution in [2.45, 2.75) is 30.5 Å². The molecule has 0 spiro atoms. The number of aryl methyl sites for hydroxylation is 1. The Bertz CT molecular complexity index is 1190. The van der Waals surface area contributed by atoms with Crippen molar-refractivity contribution in [2.24, 2.45) is 5.41 Å². The number of carboxylic acids is 1. The summed E-state index contributed by atoms with van der Waals surface area (Å²) in [5.41, 5.74) is -1.61. The number of hydrogen-bond acceptors (Lipinski definition) is 9. The zero-order valence-electron chi connectivity index (χ0n) is 17.1. The molecule has 176 valence electrons. The summed E-state index contributed by atoms with van der Waals surface area (Å²) in [6, 6.07) is -0.836. The lowest BCUT2D eigenvalue weighted by Crippen LogP contribution is -2.76. The van der Waals surface area contributed by atoms with Crippen LogP contribution in [0.25, 0.3) is 0 Å². The van der Waals surface area contributed by atoms with Gasteiger partial charge in [0.25, 0.3) is 5.91 Å². The number of β-lactam (4-membered cyclic amide) rings is 1. The van der Waals surface area contributed by atoms with E-state index in [0.717, 1.165) is 0 Å². The SMILES string of the molecule is CC(=O)N(C1C(=O)N2CC(C(=O)O)(C(S)c3nnc(C)o3)CS[C@H]12)n1cc(I)c(=O)c(I)c1. The molecule has 2 aliphatic heterocycles. The first kappa shape index (κ1) is 24.8. The summed E-state index contributed by atoms with van der Waals surface area (Å²) in [4.78, 5) is 51.6. The molecule has 2 amide bonds. The van der Waals surface area contributed by atoms with Crippen LogP contribution in [0.5, 0.6) is 0 Å². The van der Waals surface area contributed by atoms with Crippen molar-refractivity contribution < 1.29 is 23.9 Å². The summed E-state index contributed by atoms with van der Waals surface area (Å²) >= 11 is 9.50. The highest BCUT2D eigenvalue weighted by atomic mass is 127. The minimum atomic E-state index is -1.45. The molecule has 4 atom stereocenters. The molecule has 2 saturated heterocycles. The van der Waals surface area contributed by atoms with Crippen LogP contribution in [0.1, 0.15) is 24.0 Å². The zero-order chi connectivity index (χ0) is 24.2. The van der Waals surface area contributed by atoms with Crippen LogP contribution in [0.3, 0.4) is 0 Å². The van der Waals surface area contributed by atoms with Crippen LogP contribution in [0.4, 0.5) is 0 Å². The molecular weight excluding hydrogens is 700 g/mol. The fourth-order valence-electron chi connectivity index (χ4n) is 3.86. The minimum absolute atomic E-state index is 0.0737. The van der Waals surface area contributed by atoms with E-state index in [1.54, 1.807) is 6.92 Å². The number of pyridine rings is 1. The topological polar surface area (TPSA) is 139 Å². The van der Waals surface area contributed by atoms with Gasteiger partial charge in [0.05, 0.1) is 12.4 Å². The van der Waals surface area contributed by atoms with Gasteiger partial charge in [-0.3, -0.25) is 23.9 Å². The van der Waals surface area contributed by atoms with Crippen molar-refractivity contribution in [3.05, 3.63) is 41.5 Å². The lowest BCUT2D eigenvalue weighted by atomic mass is 9.83. The second kappa shape index (κ2) is 9.03. The molecule has 2 fully saturated rings. The molecule has 2 aromatic rings. The summed E-state index contributed by atoms with van der Waals surface area (Å²) in [5.74, 6) is -1.42. The van der Waals surface area contributed by atoms with Crippen molar-refractivity contribution in [3.63, 3.8) is 0 Å². The lowest BCUT2D eigenvalue weighted by Gasteiger charge is -2.56. The Morgan fingerprint density at radius 1 is 1.33 bits per heavy atom. The number of halogens is 2. The summed E-state index contributed by atoms with van der Waals surface area (Å²) in [6.07, 6.45) is 3.00. The molecule has 4 rings (SSSR count). The van der Waals surface area contributed by atoms with Gasteiger partial charge in [-0.15, -0.1) is 22.0 Å². The first-order chi connectivity index (χ1) is 15.5. The smallest absolute Gasteiger partial charge is 0.313 e. The number of carbonyl (C=O) groups is 3. The fraction of sp³-hybridized carbons (Fsp3) is 0.444. The van der Waals surface area contributed by atoms with Gasteiger partial charge in [0.15, 0.2) is 6.04 Å². The predicted octanol–water partition coefficient (Wildman–Crippen LogP) is 1.26. The van der Waals surface area contributed by atoms with E-state index >= 15 is 0 Å². The Balaban J connectivity index is 1.64. The number of fused-ring (bicyclic) bond motifs is 1. The number of hydrogen-bond donors (Lipinski definition) is 2. The molecule has 0 aromatic carbocycles. The fourth-order valence-corrected chi connectivity index (χ4v) is 7.66. The molecule has 1 N–H and O–H groups in total. The van der Waals surface area contributed by atoms with Gasteiger partial charge in [-0.25, -0.2) is 5.01 Å². The molecule has 11 nitrogen and oxygen atoms in total. The van der Waals surface area contributed by atoms with E-state index in [0.29, 0.717) is 7.14 Å². The largest absolute Gasteiger partial charge is 0.481 e. The van der Waals surface area contributed by atoms with Crippen LogP contribution < -0.4 is 10.4 Å². The van der Waals surface area contributed by atoms with E-state index in [-0.39, 0.29) is 41.3 Å². The number of carbonyl (C=O) groups excluding carboxylic acids is 2. The Labute approximate surface area is 224 Å². The van der Waals surface area contributed by atoms with E-state index in [2.05, 4.69) is 22.8 Å². The second-order valence-corrected chi connectivity index (χ2v) is 11.6. The Kier molecular flexibility index (Phi) is 6.78. The van der Waals surface area contributed by atoms with E-state index in [1.807, 2.05) is 45.2 Å². The van der Waals surface area contributed by atoms with Crippen LogP contribution in [0.2, 0.25) is 0 Å². The van der Waals surface area contributed by atoms with Crippen molar-refractivity contribution >= 4 is 87.4 Å². The molecule has 33 heavy (non-hydrogen) atoms. The maximum absolute atomic E-state index is 13.2. The van der Waals surface area contributed by atoms with E-state index in [9.17, 15) is 24.3 Å². The third kappa shape index (κ3) is 4.07. The van der Waals surface area contributed by atoms with Gasteiger partial charge >= 0.3 is 5.97 Å². The number of aliphatic carboxylic acids is 1. The number of thiol groups is 1. The number of amides is 2. The predicted molar refractivity (Wildman–Crippen MR) is 138 cm³/mol. The van der Waals surface area contributed by atoms with Gasteiger partial charge in [-0.1, -0.05) is 0 Å². The monoisotopic (exact) mass is 717 g/mol. The number of aromatic nitrogens is 3. The number of rotatable bonds is 5. The van der Waals surface area contributed by atoms with Crippen molar-refractivity contribution in [3.8, 4) is 0 Å². The van der Waals surface area contributed by atoms with E-state index in [4.69, 9.17) is 4.42 Å². The Morgan fingerprint density at radius 3 is 2.48 bits per heavy atom. The van der Waals surface area contributed by atoms with Crippen molar-refractivity contribution in [1.29, 1.82) is 0 Å². The maximum Gasteiger partial charge on any atom is 0.313 e. The average molecular weight is 717 g/mol. The standard InChI is InChI=1S/C18H17I2N5O6S2/c1-7-21-22-14(31-7)13(32)18(17(29)30)5-24-15(28)11(16(24)33-6-18)25(8(2)26)23-3-9(19)12(27)10(20)4-23/h3-4,11,13,16,32H,5-6H2,1-2H3,(H,29,30)/t11?,13?,16-,18?/m1/s1. The van der Waals surface area contributed by atoms with Gasteiger partial charge in [0.2, 0.25) is 23.1 Å². The summed E-state index contributed by atoms with van der Waals surface area (Å²) in [6.45, 7) is 2.82. The molecular formula is C18H17I2N5O6S2. The Hall–Kier alpha value is -1.34. The molecule has 0 radical (unpaired) electrons. The molecule has 3 unspecified atom stereocenters. The summed E-state index contributed by atoms with van der Waals surface area (Å²) in [5, 5.41) is 17.7. The second-order valence-electron chi connectivity index (χ2n) is 7.66. The van der Waals surface area contributed by atoms with Crippen LogP contribution in [-0.2, 0) is 14.4 Å². The molecule has 0 bridgehead atoms. The molecule has 0 saturated carbocycles. The van der Waals surface area contributed by atoms with Crippen LogP contribution in [0.15, 0.2) is 21.6 Å². The summed E-state index contributed by atoms with van der Waals surface area (Å²) < 4.78 is 7.67. The minimum Gasteiger partial charge on any atom is -0.481 e. The third-order valence-electron chi connectivity index (χ3n) is 5.56. The lowest BCUT2D eigenvalue weighted by molar-refractivity contribution is -0.158. The van der Waals surface area contributed by atoms with Gasteiger partial charge in [-0.2, -0.15) is 12.6 Å². The molecule has 2 aromatic heterocycles. The molecule has 0 aliphatic carbocycles. The van der Waals surface area contributed by atoms with Crippen molar-refractivity contribution in [2.75, 3.05) is 17.3 Å². The quantitative estimate of drug-likeness (QED) is 0.266. The third-order valence-corrected chi connectivity index (χ3v) is 9.35. The van der Waals surface area contributed by atoms with Crippen molar-refractivity contribution in [1.82, 2.24) is 19.8 Å². The zero-order valence-corrected chi connectivity index (χ0v) is 23.2. The highest BCUT2D eigenvalue weighted by Crippen LogP contribution is 2.50. The molecule has 4 heterocycles. The number of carboxylic acid groups (broad SMARTS) is 1. The molecule has 2 aliphatic rings. The van der Waals surface area contributed by atoms with E-state index in [1.165, 1.54) is 45.7 Å². The highest BCUT2D eigenvalue weighted by molar-refractivity contribution is 14.1. The van der Waals surface area contributed by atoms with Crippen LogP contribution >= 0.6 is 69.6 Å². The van der Waals surface area contributed by atoms with Gasteiger partial charge in [0.1, 0.15) is 10.8 Å². The maximum atomic E-state index is 13.2. The van der Waals surface area contributed by atoms with Gasteiger partial charge < -0.3 is 14.4 Å². The number of thioether (sulfide) groups is 1. The number of nitrogens with zero attached hydrogens (tertiary/aromatic N) is 5. The molecule has 15 heteroatoms. The van der Waals surface area contributed by atoms with E-state index < -0.39 is 28.0 Å². The van der Waals surface area contributed by atoms with Gasteiger partial charge in [-0.05, 0) is 45.2 Å². The highest BCUT2D eigenvalue weighted by Gasteiger charge is 2.62. The summed E-state index contributed by atoms with van der Waals surface area (Å²) in [7, 11) is 0. The van der Waals surface area contributed by atoms with Crippen LogP contribution in [0, 0.1) is 19.5 Å². The Morgan fingerprint density at radius 2 is 1.97 bits per heavy atom. The normalized spacial score (nSPS) is 25.2.